The van der Waals surface area contributed by atoms with E-state index in [9.17, 15) is 4.79 Å². The average molecular weight is 302 g/mol. The standard InChI is InChI=1S/C18H26N2O2/c1-13(2)14-5-4-6-17(7-14)22-12-18(21)20-10-15-8-19(3)9-16(15)11-20/h4-7,13,15-16H,8-12H2,1-3H3/t15-,16+. The minimum absolute atomic E-state index is 0.118. The van der Waals surface area contributed by atoms with Crippen LogP contribution in [0, 0.1) is 11.8 Å². The van der Waals surface area contributed by atoms with Gasteiger partial charge in [-0.3, -0.25) is 4.79 Å². The van der Waals surface area contributed by atoms with Gasteiger partial charge in [0.15, 0.2) is 6.61 Å². The number of ether oxygens (including phenoxy) is 1. The number of fused-ring (bicyclic) bond motifs is 1. The van der Waals surface area contributed by atoms with Crippen LogP contribution >= 0.6 is 0 Å². The highest BCUT2D eigenvalue weighted by Crippen LogP contribution is 2.30. The van der Waals surface area contributed by atoms with Crippen LogP contribution < -0.4 is 4.74 Å². The van der Waals surface area contributed by atoms with Crippen LogP contribution in [0.4, 0.5) is 0 Å². The first-order valence-electron chi connectivity index (χ1n) is 8.22. The molecule has 0 aromatic heterocycles. The van der Waals surface area contributed by atoms with Gasteiger partial charge in [0.2, 0.25) is 0 Å². The Labute approximate surface area is 133 Å². The van der Waals surface area contributed by atoms with E-state index in [4.69, 9.17) is 4.74 Å². The van der Waals surface area contributed by atoms with Crippen molar-refractivity contribution in [3.63, 3.8) is 0 Å². The predicted octanol–water partition coefficient (Wildman–Crippen LogP) is 2.21. The summed E-state index contributed by atoms with van der Waals surface area (Å²) in [6.45, 7) is 8.48. The molecule has 4 nitrogen and oxygen atoms in total. The Bertz CT molecular complexity index is 530. The summed E-state index contributed by atoms with van der Waals surface area (Å²) in [5, 5.41) is 0. The quantitative estimate of drug-likeness (QED) is 0.855. The average Bonchev–Trinajstić information content (AvgIpc) is 3.02. The summed E-state index contributed by atoms with van der Waals surface area (Å²) in [4.78, 5) is 16.7. The lowest BCUT2D eigenvalue weighted by molar-refractivity contribution is -0.132. The molecule has 1 aromatic carbocycles. The third kappa shape index (κ3) is 3.27. The van der Waals surface area contributed by atoms with E-state index in [-0.39, 0.29) is 12.5 Å². The second-order valence-corrected chi connectivity index (χ2v) is 7.06. The van der Waals surface area contributed by atoms with Gasteiger partial charge in [-0.1, -0.05) is 26.0 Å². The molecule has 0 spiro atoms. The maximum absolute atomic E-state index is 12.3. The zero-order chi connectivity index (χ0) is 15.7. The molecule has 0 saturated carbocycles. The van der Waals surface area contributed by atoms with Gasteiger partial charge in [0.05, 0.1) is 0 Å². The Hall–Kier alpha value is -1.55. The number of benzene rings is 1. The third-order valence-electron chi connectivity index (χ3n) is 4.91. The van der Waals surface area contributed by atoms with Crippen molar-refractivity contribution < 1.29 is 9.53 Å². The van der Waals surface area contributed by atoms with E-state index in [1.165, 1.54) is 5.56 Å². The van der Waals surface area contributed by atoms with Crippen LogP contribution in [0.1, 0.15) is 25.3 Å². The second kappa shape index (κ2) is 6.29. The van der Waals surface area contributed by atoms with Gasteiger partial charge in [0, 0.05) is 26.2 Å². The SMILES string of the molecule is CC(C)c1cccc(OCC(=O)N2C[C@H]3CN(C)C[C@H]3C2)c1. The van der Waals surface area contributed by atoms with Crippen LogP contribution in [0.3, 0.4) is 0 Å². The van der Waals surface area contributed by atoms with E-state index < -0.39 is 0 Å². The van der Waals surface area contributed by atoms with E-state index in [2.05, 4.69) is 31.9 Å². The van der Waals surface area contributed by atoms with Crippen molar-refractivity contribution in [1.29, 1.82) is 0 Å². The number of likely N-dealkylation sites (tertiary alicyclic amines) is 2. The van der Waals surface area contributed by atoms with Crippen molar-refractivity contribution in [1.82, 2.24) is 9.80 Å². The first kappa shape index (κ1) is 15.3. The highest BCUT2D eigenvalue weighted by molar-refractivity contribution is 5.78. The minimum atomic E-state index is 0.118. The fourth-order valence-corrected chi connectivity index (χ4v) is 3.63. The molecule has 3 rings (SSSR count). The Morgan fingerprint density at radius 2 is 1.91 bits per heavy atom. The number of carbonyl (C=O) groups excluding carboxylic acids is 1. The summed E-state index contributed by atoms with van der Waals surface area (Å²) in [7, 11) is 2.16. The zero-order valence-electron chi connectivity index (χ0n) is 13.8. The van der Waals surface area contributed by atoms with Gasteiger partial charge >= 0.3 is 0 Å². The molecule has 2 aliphatic heterocycles. The highest BCUT2D eigenvalue weighted by atomic mass is 16.5. The molecular formula is C18H26N2O2. The van der Waals surface area contributed by atoms with Crippen LogP contribution in [-0.2, 0) is 4.79 Å². The lowest BCUT2D eigenvalue weighted by atomic mass is 10.0. The van der Waals surface area contributed by atoms with Crippen molar-refractivity contribution in [2.45, 2.75) is 19.8 Å². The second-order valence-electron chi connectivity index (χ2n) is 7.06. The van der Waals surface area contributed by atoms with Crippen LogP contribution in [0.15, 0.2) is 24.3 Å². The summed E-state index contributed by atoms with van der Waals surface area (Å²) in [5.41, 5.74) is 1.24. The first-order chi connectivity index (χ1) is 10.5. The van der Waals surface area contributed by atoms with Crippen molar-refractivity contribution in [3.05, 3.63) is 29.8 Å². The molecule has 0 bridgehead atoms. The minimum Gasteiger partial charge on any atom is -0.484 e. The highest BCUT2D eigenvalue weighted by Gasteiger charge is 2.40. The number of carbonyl (C=O) groups is 1. The fourth-order valence-electron chi connectivity index (χ4n) is 3.63. The van der Waals surface area contributed by atoms with Crippen molar-refractivity contribution in [3.8, 4) is 5.75 Å². The molecule has 2 atom stereocenters. The summed E-state index contributed by atoms with van der Waals surface area (Å²) >= 11 is 0. The number of amides is 1. The number of nitrogens with zero attached hydrogens (tertiary/aromatic N) is 2. The molecule has 120 valence electrons. The van der Waals surface area contributed by atoms with Crippen molar-refractivity contribution in [2.75, 3.05) is 39.8 Å². The smallest absolute Gasteiger partial charge is 0.260 e. The van der Waals surface area contributed by atoms with E-state index in [0.29, 0.717) is 17.8 Å². The van der Waals surface area contributed by atoms with Crippen molar-refractivity contribution in [2.24, 2.45) is 11.8 Å². The Morgan fingerprint density at radius 1 is 1.23 bits per heavy atom. The fraction of sp³-hybridized carbons (Fsp3) is 0.611. The molecule has 0 unspecified atom stereocenters. The van der Waals surface area contributed by atoms with E-state index in [0.717, 1.165) is 31.9 Å². The largest absolute Gasteiger partial charge is 0.484 e. The molecule has 22 heavy (non-hydrogen) atoms. The lowest BCUT2D eigenvalue weighted by Gasteiger charge is -2.19. The Kier molecular flexibility index (Phi) is 4.39. The summed E-state index contributed by atoms with van der Waals surface area (Å²) in [5.74, 6) is 2.68. The molecular weight excluding hydrogens is 276 g/mol. The maximum Gasteiger partial charge on any atom is 0.260 e. The normalized spacial score (nSPS) is 24.8. The number of hydrogen-bond donors (Lipinski definition) is 0. The molecule has 1 amide bonds. The van der Waals surface area contributed by atoms with E-state index >= 15 is 0 Å². The molecule has 2 saturated heterocycles. The summed E-state index contributed by atoms with van der Waals surface area (Å²) in [6.07, 6.45) is 0. The number of hydrogen-bond acceptors (Lipinski definition) is 3. The number of rotatable bonds is 4. The summed E-state index contributed by atoms with van der Waals surface area (Å²) in [6, 6.07) is 8.04. The van der Waals surface area contributed by atoms with E-state index in [1.807, 2.05) is 23.1 Å². The van der Waals surface area contributed by atoms with Crippen molar-refractivity contribution >= 4 is 5.91 Å². The molecule has 0 N–H and O–H groups in total. The monoisotopic (exact) mass is 302 g/mol. The lowest BCUT2D eigenvalue weighted by Crippen LogP contribution is -2.35. The van der Waals surface area contributed by atoms with Crippen LogP contribution in [0.25, 0.3) is 0 Å². The topological polar surface area (TPSA) is 32.8 Å². The zero-order valence-corrected chi connectivity index (χ0v) is 13.8. The van der Waals surface area contributed by atoms with Gasteiger partial charge in [0.1, 0.15) is 5.75 Å². The Balaban J connectivity index is 1.52. The molecule has 2 aliphatic rings. The van der Waals surface area contributed by atoms with Gasteiger partial charge in [-0.25, -0.2) is 0 Å². The van der Waals surface area contributed by atoms with Crippen LogP contribution in [0.2, 0.25) is 0 Å². The van der Waals surface area contributed by atoms with E-state index in [1.54, 1.807) is 0 Å². The first-order valence-corrected chi connectivity index (χ1v) is 8.22. The molecule has 2 heterocycles. The Morgan fingerprint density at radius 3 is 2.55 bits per heavy atom. The van der Waals surface area contributed by atoms with Gasteiger partial charge in [-0.05, 0) is 42.5 Å². The van der Waals surface area contributed by atoms with Crippen LogP contribution in [-0.4, -0.2) is 55.5 Å². The van der Waals surface area contributed by atoms with Gasteiger partial charge in [-0.15, -0.1) is 0 Å². The molecule has 4 heteroatoms. The maximum atomic E-state index is 12.3. The van der Waals surface area contributed by atoms with Gasteiger partial charge in [-0.2, -0.15) is 0 Å². The molecule has 1 aromatic rings. The predicted molar refractivity (Wildman–Crippen MR) is 87.1 cm³/mol. The molecule has 0 radical (unpaired) electrons. The van der Waals surface area contributed by atoms with Crippen LogP contribution in [0.5, 0.6) is 5.75 Å². The third-order valence-corrected chi connectivity index (χ3v) is 4.91. The molecule has 2 fully saturated rings. The molecule has 0 aliphatic carbocycles. The van der Waals surface area contributed by atoms with Gasteiger partial charge < -0.3 is 14.5 Å². The summed E-state index contributed by atoms with van der Waals surface area (Å²) < 4.78 is 5.71. The van der Waals surface area contributed by atoms with Gasteiger partial charge in [0.25, 0.3) is 5.91 Å².